The van der Waals surface area contributed by atoms with Gasteiger partial charge in [0.2, 0.25) is 21.8 Å². The molecule has 0 aromatic heterocycles. The minimum atomic E-state index is -3.90. The number of hydrogen-bond donors (Lipinski definition) is 2. The molecule has 0 radical (unpaired) electrons. The van der Waals surface area contributed by atoms with Crippen LogP contribution in [0.1, 0.15) is 149 Å². The smallest absolute Gasteiger partial charge is 0.240 e. The van der Waals surface area contributed by atoms with Gasteiger partial charge in [0.1, 0.15) is 5.92 Å². The largest absolute Gasteiger partial charge is 0.339 e. The Morgan fingerprint density at radius 1 is 0.848 bits per heavy atom. The van der Waals surface area contributed by atoms with Crippen LogP contribution in [0.4, 0.5) is 5.69 Å². The molecule has 262 valence electrons. The number of benzene rings is 1. The Hall–Kier alpha value is -2.59. The second kappa shape index (κ2) is 21.3. The van der Waals surface area contributed by atoms with Crippen molar-refractivity contribution in [2.45, 2.75) is 149 Å². The number of amides is 2. The second-order valence-electron chi connectivity index (χ2n) is 13.8. The van der Waals surface area contributed by atoms with Crippen molar-refractivity contribution in [3.63, 3.8) is 0 Å². The van der Waals surface area contributed by atoms with Crippen LogP contribution in [0.25, 0.3) is 0 Å². The van der Waals surface area contributed by atoms with Crippen LogP contribution in [0, 0.1) is 11.3 Å². The highest BCUT2D eigenvalue weighted by Gasteiger charge is 2.37. The zero-order valence-electron chi connectivity index (χ0n) is 29.6. The lowest BCUT2D eigenvalue weighted by molar-refractivity contribution is -0.139. The minimum Gasteiger partial charge on any atom is -0.339 e. The maximum atomic E-state index is 13.5. The van der Waals surface area contributed by atoms with Crippen molar-refractivity contribution in [2.24, 2.45) is 11.3 Å². The van der Waals surface area contributed by atoms with Crippen LogP contribution < -0.4 is 10.0 Å². The summed E-state index contributed by atoms with van der Waals surface area (Å²) in [7, 11) is -3.90. The Labute approximate surface area is 279 Å². The fourth-order valence-electron chi connectivity index (χ4n) is 5.45. The van der Waals surface area contributed by atoms with Crippen molar-refractivity contribution < 1.29 is 27.6 Å². The predicted octanol–water partition coefficient (Wildman–Crippen LogP) is 7.69. The Kier molecular flexibility index (Phi) is 19.2. The molecular weight excluding hydrogens is 602 g/mol. The zero-order chi connectivity index (χ0) is 34.8. The van der Waals surface area contributed by atoms with Crippen molar-refractivity contribution in [3.05, 3.63) is 23.8 Å². The van der Waals surface area contributed by atoms with E-state index in [1.807, 2.05) is 0 Å². The van der Waals surface area contributed by atoms with Crippen molar-refractivity contribution in [1.29, 1.82) is 0 Å². The van der Waals surface area contributed by atoms with Gasteiger partial charge < -0.3 is 10.2 Å². The number of ketones is 1. The maximum Gasteiger partial charge on any atom is 0.240 e. The fraction of sp³-hybridized carbons (Fsp3) is 0.722. The van der Waals surface area contributed by atoms with Crippen LogP contribution in [-0.2, 0) is 24.4 Å². The number of carbonyl (C=O) groups is 4. The molecule has 1 aromatic carbocycles. The van der Waals surface area contributed by atoms with Crippen molar-refractivity contribution >= 4 is 39.6 Å². The lowest BCUT2D eigenvalue weighted by Crippen LogP contribution is -2.47. The first-order valence-electron chi connectivity index (χ1n) is 17.4. The third kappa shape index (κ3) is 15.3. The molecule has 9 nitrogen and oxygen atoms in total. The third-order valence-corrected chi connectivity index (χ3v) is 9.78. The monoisotopic (exact) mass is 663 g/mol. The van der Waals surface area contributed by atoms with Gasteiger partial charge in [-0.3, -0.25) is 19.2 Å². The summed E-state index contributed by atoms with van der Waals surface area (Å²) in [6, 6.07) is 3.64. The van der Waals surface area contributed by atoms with Gasteiger partial charge in [0.15, 0.2) is 12.1 Å². The van der Waals surface area contributed by atoms with Gasteiger partial charge in [-0.1, -0.05) is 111 Å². The molecular formula is C36H61N3O6S. The number of Topliss-reactive ketones (excluding diaryl/α,β-unsaturated/α-hetero) is 1. The van der Waals surface area contributed by atoms with E-state index in [2.05, 4.69) is 17.0 Å². The molecule has 0 fully saturated rings. The van der Waals surface area contributed by atoms with Crippen LogP contribution in [0.3, 0.4) is 0 Å². The van der Waals surface area contributed by atoms with Crippen LogP contribution in [-0.4, -0.2) is 56.3 Å². The molecule has 1 rings (SSSR count). The molecule has 0 aliphatic heterocycles. The molecule has 46 heavy (non-hydrogen) atoms. The lowest BCUT2D eigenvalue weighted by atomic mass is 9.82. The van der Waals surface area contributed by atoms with E-state index >= 15 is 0 Å². The SMILES string of the molecule is CCCCCCCCCCCCCCCCNS(=O)(=O)c1ccc(C=O)c(NC(=O)C(CN(C(C)=O)C(C)C)C(=O)C(C)(C)C)c1. The number of hydrogen-bond acceptors (Lipinski definition) is 6. The Morgan fingerprint density at radius 2 is 1.35 bits per heavy atom. The molecule has 10 heteroatoms. The Bertz CT molecular complexity index is 1210. The molecule has 0 spiro atoms. The molecule has 0 aliphatic carbocycles. The maximum absolute atomic E-state index is 13.5. The standard InChI is InChI=1S/C36H61N3O6S/c1-8-9-10-11-12-13-14-15-16-17-18-19-20-21-24-37-46(44,45)31-23-22-30(27-40)33(25-31)38-35(43)32(34(42)36(5,6)7)26-39(28(2)3)29(4)41/h22-23,25,27-28,32,37H,8-21,24,26H2,1-7H3,(H,38,43). The summed E-state index contributed by atoms with van der Waals surface area (Å²) < 4.78 is 28.7. The average Bonchev–Trinajstić information content (AvgIpc) is 2.98. The van der Waals surface area contributed by atoms with Gasteiger partial charge in [-0.05, 0) is 38.5 Å². The highest BCUT2D eigenvalue weighted by molar-refractivity contribution is 7.89. The Morgan fingerprint density at radius 3 is 1.78 bits per heavy atom. The van der Waals surface area contributed by atoms with Gasteiger partial charge >= 0.3 is 0 Å². The minimum absolute atomic E-state index is 0.00926. The third-order valence-electron chi connectivity index (χ3n) is 8.32. The number of rotatable bonds is 24. The Balaban J connectivity index is 2.72. The predicted molar refractivity (Wildman–Crippen MR) is 186 cm³/mol. The van der Waals surface area contributed by atoms with E-state index in [-0.39, 0.29) is 47.0 Å². The van der Waals surface area contributed by atoms with Gasteiger partial charge in [0.05, 0.1) is 10.6 Å². The first-order chi connectivity index (χ1) is 21.7. The molecule has 0 saturated heterocycles. The number of nitrogens with zero attached hydrogens (tertiary/aromatic N) is 1. The topological polar surface area (TPSA) is 130 Å². The summed E-state index contributed by atoms with van der Waals surface area (Å²) in [5.74, 6) is -2.58. The van der Waals surface area contributed by atoms with Gasteiger partial charge in [-0.25, -0.2) is 13.1 Å². The van der Waals surface area contributed by atoms with E-state index in [1.165, 1.54) is 94.2 Å². The highest BCUT2D eigenvalue weighted by Crippen LogP contribution is 2.25. The van der Waals surface area contributed by atoms with E-state index in [0.29, 0.717) is 12.7 Å². The van der Waals surface area contributed by atoms with Gasteiger partial charge in [-0.15, -0.1) is 0 Å². The van der Waals surface area contributed by atoms with Crippen molar-refractivity contribution in [1.82, 2.24) is 9.62 Å². The molecule has 1 aromatic rings. The number of carbonyl (C=O) groups excluding carboxylic acids is 4. The molecule has 1 atom stereocenters. The van der Waals surface area contributed by atoms with Crippen molar-refractivity contribution in [3.8, 4) is 0 Å². The van der Waals surface area contributed by atoms with E-state index < -0.39 is 27.3 Å². The second-order valence-corrected chi connectivity index (χ2v) is 15.5. The summed E-state index contributed by atoms with van der Waals surface area (Å²) in [5, 5.41) is 2.61. The highest BCUT2D eigenvalue weighted by atomic mass is 32.2. The van der Waals surface area contributed by atoms with Crippen LogP contribution in [0.2, 0.25) is 0 Å². The van der Waals surface area contributed by atoms with E-state index in [4.69, 9.17) is 0 Å². The summed E-state index contributed by atoms with van der Waals surface area (Å²) in [6.45, 7) is 12.4. The van der Waals surface area contributed by atoms with Gasteiger partial charge in [0, 0.05) is 37.0 Å². The summed E-state index contributed by atoms with van der Waals surface area (Å²) in [5.41, 5.74) is -0.810. The van der Waals surface area contributed by atoms with E-state index in [9.17, 15) is 27.6 Å². The van der Waals surface area contributed by atoms with Crippen LogP contribution in [0.15, 0.2) is 23.1 Å². The van der Waals surface area contributed by atoms with Crippen molar-refractivity contribution in [2.75, 3.05) is 18.4 Å². The molecule has 0 heterocycles. The number of anilines is 1. The number of sulfonamides is 1. The first kappa shape index (κ1) is 41.4. The number of nitrogens with one attached hydrogen (secondary N) is 2. The molecule has 1 unspecified atom stereocenters. The van der Waals surface area contributed by atoms with Crippen LogP contribution >= 0.6 is 0 Å². The van der Waals surface area contributed by atoms with Crippen LogP contribution in [0.5, 0.6) is 0 Å². The average molecular weight is 664 g/mol. The number of aldehydes is 1. The van der Waals surface area contributed by atoms with Gasteiger partial charge in [0.25, 0.3) is 0 Å². The molecule has 0 saturated carbocycles. The lowest BCUT2D eigenvalue weighted by Gasteiger charge is -2.31. The molecule has 0 aliphatic rings. The number of unbranched alkanes of at least 4 members (excludes halogenated alkanes) is 13. The molecule has 2 amide bonds. The molecule has 2 N–H and O–H groups in total. The summed E-state index contributed by atoms with van der Waals surface area (Å²) in [4.78, 5) is 52.2. The van der Waals surface area contributed by atoms with E-state index in [0.717, 1.165) is 19.3 Å². The molecule has 0 bridgehead atoms. The summed E-state index contributed by atoms with van der Waals surface area (Å²) >= 11 is 0. The summed E-state index contributed by atoms with van der Waals surface area (Å²) in [6.07, 6.45) is 17.5. The normalized spacial score (nSPS) is 12.6. The van der Waals surface area contributed by atoms with E-state index in [1.54, 1.807) is 34.6 Å². The zero-order valence-corrected chi connectivity index (χ0v) is 30.4. The quantitative estimate of drug-likeness (QED) is 0.0663. The first-order valence-corrected chi connectivity index (χ1v) is 18.8. The fourth-order valence-corrected chi connectivity index (χ4v) is 6.55. The van der Waals surface area contributed by atoms with Gasteiger partial charge in [-0.2, -0.15) is 0 Å².